The average molecular weight is 382 g/mol. The molecule has 2 aromatic carbocycles. The third kappa shape index (κ3) is 7.10. The Morgan fingerprint density at radius 3 is 2.46 bits per heavy atom. The number of rotatable bonds is 11. The monoisotopic (exact) mass is 381 g/mol. The molecule has 0 bridgehead atoms. The van der Waals surface area contributed by atoms with Gasteiger partial charge in [-0.25, -0.2) is 0 Å². The second-order valence-electron chi connectivity index (χ2n) is 6.69. The van der Waals surface area contributed by atoms with E-state index in [1.807, 2.05) is 42.5 Å². The molecule has 0 saturated carbocycles. The molecular weight excluding hydrogens is 350 g/mol. The first-order valence-electron chi connectivity index (χ1n) is 10.0. The Kier molecular flexibility index (Phi) is 9.13. The Morgan fingerprint density at radius 2 is 1.79 bits per heavy atom. The van der Waals surface area contributed by atoms with Gasteiger partial charge in [0.05, 0.1) is 13.7 Å². The first kappa shape index (κ1) is 21.5. The molecule has 0 unspecified atom stereocenters. The zero-order valence-corrected chi connectivity index (χ0v) is 17.2. The van der Waals surface area contributed by atoms with Gasteiger partial charge in [0.25, 0.3) is 0 Å². The number of carbonyl (C=O) groups excluding carboxylic acids is 1. The predicted molar refractivity (Wildman–Crippen MR) is 116 cm³/mol. The number of hydrogen-bond acceptors (Lipinski definition) is 3. The van der Waals surface area contributed by atoms with E-state index < -0.39 is 0 Å². The van der Waals surface area contributed by atoms with Crippen LogP contribution in [0.3, 0.4) is 0 Å². The summed E-state index contributed by atoms with van der Waals surface area (Å²) in [4.78, 5) is 12.1. The van der Waals surface area contributed by atoms with Crippen LogP contribution in [0.1, 0.15) is 50.7 Å². The summed E-state index contributed by atoms with van der Waals surface area (Å²) in [5.74, 6) is 1.24. The van der Waals surface area contributed by atoms with Crippen molar-refractivity contribution in [2.75, 3.05) is 19.0 Å². The number of ether oxygens (including phenoxy) is 2. The van der Waals surface area contributed by atoms with Crippen molar-refractivity contribution >= 4 is 17.7 Å². The first-order chi connectivity index (χ1) is 13.7. The van der Waals surface area contributed by atoms with Crippen LogP contribution in [0.5, 0.6) is 11.5 Å². The molecule has 0 saturated heterocycles. The number of benzene rings is 2. The van der Waals surface area contributed by atoms with Gasteiger partial charge >= 0.3 is 0 Å². The maximum atomic E-state index is 12.1. The van der Waals surface area contributed by atoms with Gasteiger partial charge < -0.3 is 14.8 Å². The lowest BCUT2D eigenvalue weighted by Gasteiger charge is -2.11. The van der Waals surface area contributed by atoms with Crippen LogP contribution in [0.2, 0.25) is 0 Å². The predicted octanol–water partition coefficient (Wildman–Crippen LogP) is 5.87. The van der Waals surface area contributed by atoms with Gasteiger partial charge in [0.2, 0.25) is 5.91 Å². The topological polar surface area (TPSA) is 47.6 Å². The summed E-state index contributed by atoms with van der Waals surface area (Å²) in [6, 6.07) is 13.6. The smallest absolute Gasteiger partial charge is 0.248 e. The van der Waals surface area contributed by atoms with Crippen LogP contribution >= 0.6 is 0 Å². The Hall–Kier alpha value is -2.75. The van der Waals surface area contributed by atoms with E-state index in [2.05, 4.69) is 19.2 Å². The van der Waals surface area contributed by atoms with Crippen LogP contribution in [-0.4, -0.2) is 19.6 Å². The highest BCUT2D eigenvalue weighted by molar-refractivity contribution is 6.01. The van der Waals surface area contributed by atoms with Gasteiger partial charge in [-0.05, 0) is 54.3 Å². The number of amides is 1. The van der Waals surface area contributed by atoms with Crippen molar-refractivity contribution < 1.29 is 14.3 Å². The summed E-state index contributed by atoms with van der Waals surface area (Å²) in [5, 5.41) is 2.87. The Morgan fingerprint density at radius 1 is 1.00 bits per heavy atom. The maximum absolute atomic E-state index is 12.1. The zero-order valence-electron chi connectivity index (χ0n) is 17.2. The maximum Gasteiger partial charge on any atom is 0.248 e. The van der Waals surface area contributed by atoms with Gasteiger partial charge in [-0.1, -0.05) is 51.3 Å². The van der Waals surface area contributed by atoms with E-state index >= 15 is 0 Å². The number of anilines is 1. The summed E-state index contributed by atoms with van der Waals surface area (Å²) < 4.78 is 11.3. The zero-order chi connectivity index (χ0) is 20.2. The van der Waals surface area contributed by atoms with Crippen molar-refractivity contribution in [3.05, 3.63) is 59.7 Å². The van der Waals surface area contributed by atoms with Gasteiger partial charge in [0.1, 0.15) is 0 Å². The molecule has 0 aliphatic carbocycles. The minimum atomic E-state index is -0.167. The van der Waals surface area contributed by atoms with Crippen LogP contribution in [0.25, 0.3) is 6.08 Å². The third-order valence-electron chi connectivity index (χ3n) is 4.50. The van der Waals surface area contributed by atoms with Gasteiger partial charge in [-0.15, -0.1) is 0 Å². The standard InChI is InChI=1S/C24H31NO3/c1-4-6-7-8-17-28-22-15-11-20(18-23(22)27-3)12-16-24(26)25-21-13-9-19(5-2)10-14-21/h9-16,18H,4-8,17H2,1-3H3,(H,25,26). The summed E-state index contributed by atoms with van der Waals surface area (Å²) in [6.07, 6.45) is 8.93. The lowest BCUT2D eigenvalue weighted by molar-refractivity contribution is -0.111. The van der Waals surface area contributed by atoms with E-state index in [0.717, 1.165) is 29.8 Å². The van der Waals surface area contributed by atoms with Gasteiger partial charge in [0.15, 0.2) is 11.5 Å². The Balaban J connectivity index is 1.91. The lowest BCUT2D eigenvalue weighted by Crippen LogP contribution is -2.07. The van der Waals surface area contributed by atoms with Gasteiger partial charge in [0, 0.05) is 11.8 Å². The lowest BCUT2D eigenvalue weighted by atomic mass is 10.1. The molecule has 4 nitrogen and oxygen atoms in total. The molecule has 150 valence electrons. The van der Waals surface area contributed by atoms with Crippen molar-refractivity contribution in [1.82, 2.24) is 0 Å². The van der Waals surface area contributed by atoms with Crippen LogP contribution < -0.4 is 14.8 Å². The molecule has 1 amide bonds. The number of methoxy groups -OCH3 is 1. The molecule has 0 fully saturated rings. The van der Waals surface area contributed by atoms with E-state index in [1.54, 1.807) is 13.2 Å². The average Bonchev–Trinajstić information content (AvgIpc) is 2.73. The molecule has 0 atom stereocenters. The molecule has 1 N–H and O–H groups in total. The molecule has 0 aliphatic rings. The number of carbonyl (C=O) groups is 1. The van der Waals surface area contributed by atoms with Crippen molar-refractivity contribution in [3.8, 4) is 11.5 Å². The number of aryl methyl sites for hydroxylation is 1. The molecule has 4 heteroatoms. The Bertz CT molecular complexity index is 766. The fourth-order valence-electron chi connectivity index (χ4n) is 2.80. The van der Waals surface area contributed by atoms with Crippen LogP contribution in [0.15, 0.2) is 48.5 Å². The molecule has 0 heterocycles. The van der Waals surface area contributed by atoms with Crippen molar-refractivity contribution in [1.29, 1.82) is 0 Å². The summed E-state index contributed by atoms with van der Waals surface area (Å²) >= 11 is 0. The quantitative estimate of drug-likeness (QED) is 0.391. The van der Waals surface area contributed by atoms with E-state index in [1.165, 1.54) is 30.9 Å². The van der Waals surface area contributed by atoms with Crippen LogP contribution in [0, 0.1) is 0 Å². The van der Waals surface area contributed by atoms with E-state index in [-0.39, 0.29) is 5.91 Å². The van der Waals surface area contributed by atoms with Crippen molar-refractivity contribution in [3.63, 3.8) is 0 Å². The third-order valence-corrected chi connectivity index (χ3v) is 4.50. The molecule has 2 rings (SSSR count). The van der Waals surface area contributed by atoms with Crippen LogP contribution in [0.4, 0.5) is 5.69 Å². The number of hydrogen-bond donors (Lipinski definition) is 1. The SMILES string of the molecule is CCCCCCOc1ccc(C=CC(=O)Nc2ccc(CC)cc2)cc1OC. The fraction of sp³-hybridized carbons (Fsp3) is 0.375. The molecule has 0 aromatic heterocycles. The fourth-order valence-corrected chi connectivity index (χ4v) is 2.80. The minimum absolute atomic E-state index is 0.167. The highest BCUT2D eigenvalue weighted by Crippen LogP contribution is 2.28. The van der Waals surface area contributed by atoms with Crippen molar-refractivity contribution in [2.24, 2.45) is 0 Å². The second kappa shape index (κ2) is 11.9. The van der Waals surface area contributed by atoms with E-state index in [0.29, 0.717) is 12.4 Å². The van der Waals surface area contributed by atoms with Crippen molar-refractivity contribution in [2.45, 2.75) is 46.0 Å². The Labute approximate surface area is 168 Å². The van der Waals surface area contributed by atoms with E-state index in [4.69, 9.17) is 9.47 Å². The number of nitrogens with one attached hydrogen (secondary N) is 1. The second-order valence-corrected chi connectivity index (χ2v) is 6.69. The molecule has 0 spiro atoms. The molecular formula is C24H31NO3. The molecule has 0 radical (unpaired) electrons. The molecule has 28 heavy (non-hydrogen) atoms. The summed E-state index contributed by atoms with van der Waals surface area (Å²) in [6.45, 7) is 4.98. The van der Waals surface area contributed by atoms with E-state index in [9.17, 15) is 4.79 Å². The highest BCUT2D eigenvalue weighted by Gasteiger charge is 2.05. The minimum Gasteiger partial charge on any atom is -0.493 e. The van der Waals surface area contributed by atoms with Gasteiger partial charge in [-0.2, -0.15) is 0 Å². The molecule has 0 aliphatic heterocycles. The summed E-state index contributed by atoms with van der Waals surface area (Å²) in [5.41, 5.74) is 2.91. The summed E-state index contributed by atoms with van der Waals surface area (Å²) in [7, 11) is 1.62. The normalized spacial score (nSPS) is 10.8. The first-order valence-corrected chi connectivity index (χ1v) is 10.0. The van der Waals surface area contributed by atoms with Gasteiger partial charge in [-0.3, -0.25) is 4.79 Å². The largest absolute Gasteiger partial charge is 0.493 e. The van der Waals surface area contributed by atoms with Crippen LogP contribution in [-0.2, 0) is 11.2 Å². The molecule has 2 aromatic rings. The highest BCUT2D eigenvalue weighted by atomic mass is 16.5. The number of unbranched alkanes of at least 4 members (excludes halogenated alkanes) is 3.